The first-order chi connectivity index (χ1) is 15.3. The maximum Gasteiger partial charge on any atom is 0.262 e. The fraction of sp³-hybridized carbons (Fsp3) is 0.250. The standard InChI is InChI=1S/C24H26N4O3S/c1-17-5-6-18(2)22(15-17)32(30,31)27-20-9-7-19(8-10-20)24(29)26-21-11-12-23(25-16-21)28-13-3-4-14-28/h5-12,15-16,27H,3-4,13-14H2,1-2H3,(H,26,29). The van der Waals surface area contributed by atoms with Gasteiger partial charge in [-0.25, -0.2) is 13.4 Å². The van der Waals surface area contributed by atoms with E-state index in [2.05, 4.69) is 19.9 Å². The lowest BCUT2D eigenvalue weighted by molar-refractivity contribution is 0.102. The van der Waals surface area contributed by atoms with Crippen LogP contribution in [0.25, 0.3) is 0 Å². The number of anilines is 3. The molecule has 1 fully saturated rings. The van der Waals surface area contributed by atoms with Gasteiger partial charge in [0.05, 0.1) is 16.8 Å². The van der Waals surface area contributed by atoms with Gasteiger partial charge in [-0.3, -0.25) is 9.52 Å². The van der Waals surface area contributed by atoms with Crippen molar-refractivity contribution >= 4 is 33.1 Å². The number of carbonyl (C=O) groups is 1. The number of rotatable bonds is 6. The molecule has 2 aromatic carbocycles. The molecule has 1 amide bonds. The molecule has 1 aliphatic heterocycles. The number of amides is 1. The molecule has 0 spiro atoms. The van der Waals surface area contributed by atoms with Gasteiger partial charge in [0.1, 0.15) is 5.82 Å². The molecule has 3 aromatic rings. The second kappa shape index (κ2) is 9.00. The van der Waals surface area contributed by atoms with Crippen LogP contribution in [0.4, 0.5) is 17.2 Å². The molecular formula is C24H26N4O3S. The van der Waals surface area contributed by atoms with Crippen molar-refractivity contribution in [2.24, 2.45) is 0 Å². The van der Waals surface area contributed by atoms with Crippen LogP contribution in [0, 0.1) is 13.8 Å². The number of nitrogens with one attached hydrogen (secondary N) is 2. The average molecular weight is 451 g/mol. The second-order valence-corrected chi connectivity index (χ2v) is 9.66. The Morgan fingerprint density at radius 3 is 2.28 bits per heavy atom. The summed E-state index contributed by atoms with van der Waals surface area (Å²) in [6.45, 7) is 5.63. The van der Waals surface area contributed by atoms with Gasteiger partial charge in [-0.05, 0) is 80.3 Å². The topological polar surface area (TPSA) is 91.4 Å². The van der Waals surface area contributed by atoms with E-state index in [0.29, 0.717) is 22.5 Å². The Bertz CT molecular complexity index is 1220. The van der Waals surface area contributed by atoms with Crippen LogP contribution in [0.15, 0.2) is 65.7 Å². The summed E-state index contributed by atoms with van der Waals surface area (Å²) in [5.41, 5.74) is 2.95. The molecule has 0 saturated carbocycles. The fourth-order valence-corrected chi connectivity index (χ4v) is 5.08. The Labute approximate surface area is 188 Å². The van der Waals surface area contributed by atoms with Gasteiger partial charge in [0, 0.05) is 24.3 Å². The van der Waals surface area contributed by atoms with Crippen LogP contribution in [0.5, 0.6) is 0 Å². The molecule has 2 heterocycles. The Morgan fingerprint density at radius 2 is 1.62 bits per heavy atom. The highest BCUT2D eigenvalue weighted by molar-refractivity contribution is 7.92. The number of sulfonamides is 1. The average Bonchev–Trinajstić information content (AvgIpc) is 3.31. The lowest BCUT2D eigenvalue weighted by Gasteiger charge is -2.16. The van der Waals surface area contributed by atoms with Crippen molar-refractivity contribution in [2.45, 2.75) is 31.6 Å². The van der Waals surface area contributed by atoms with Crippen LogP contribution < -0.4 is 14.9 Å². The molecule has 2 N–H and O–H groups in total. The first-order valence-electron chi connectivity index (χ1n) is 10.5. The summed E-state index contributed by atoms with van der Waals surface area (Å²) in [5, 5.41) is 2.82. The van der Waals surface area contributed by atoms with E-state index in [9.17, 15) is 13.2 Å². The van der Waals surface area contributed by atoms with E-state index in [1.165, 1.54) is 12.8 Å². The number of nitrogens with zero attached hydrogens (tertiary/aromatic N) is 2. The molecule has 32 heavy (non-hydrogen) atoms. The molecule has 1 saturated heterocycles. The van der Waals surface area contributed by atoms with E-state index in [1.54, 1.807) is 49.5 Å². The number of pyridine rings is 1. The smallest absolute Gasteiger partial charge is 0.262 e. The third-order valence-corrected chi connectivity index (χ3v) is 6.99. The minimum Gasteiger partial charge on any atom is -0.357 e. The van der Waals surface area contributed by atoms with E-state index >= 15 is 0 Å². The fourth-order valence-electron chi connectivity index (χ4n) is 3.69. The molecular weight excluding hydrogens is 424 g/mol. The highest BCUT2D eigenvalue weighted by Gasteiger charge is 2.18. The minimum atomic E-state index is -3.72. The van der Waals surface area contributed by atoms with Crippen molar-refractivity contribution in [2.75, 3.05) is 28.0 Å². The number of aryl methyl sites for hydroxylation is 2. The van der Waals surface area contributed by atoms with Gasteiger partial charge in [0.2, 0.25) is 0 Å². The molecule has 4 rings (SSSR count). The zero-order valence-electron chi connectivity index (χ0n) is 18.1. The molecule has 0 bridgehead atoms. The Kier molecular flexibility index (Phi) is 6.14. The van der Waals surface area contributed by atoms with E-state index < -0.39 is 10.0 Å². The summed E-state index contributed by atoms with van der Waals surface area (Å²) < 4.78 is 28.1. The third kappa shape index (κ3) is 4.91. The zero-order chi connectivity index (χ0) is 22.7. The SMILES string of the molecule is Cc1ccc(C)c(S(=O)(=O)Nc2ccc(C(=O)Nc3ccc(N4CCCC4)nc3)cc2)c1. The van der Waals surface area contributed by atoms with Crippen LogP contribution >= 0.6 is 0 Å². The van der Waals surface area contributed by atoms with Gasteiger partial charge >= 0.3 is 0 Å². The molecule has 1 aliphatic rings. The van der Waals surface area contributed by atoms with Gasteiger partial charge in [-0.2, -0.15) is 0 Å². The Balaban J connectivity index is 1.41. The zero-order valence-corrected chi connectivity index (χ0v) is 18.9. The summed E-state index contributed by atoms with van der Waals surface area (Å²) >= 11 is 0. The number of hydrogen-bond donors (Lipinski definition) is 2. The lowest BCUT2D eigenvalue weighted by Crippen LogP contribution is -2.19. The van der Waals surface area contributed by atoms with Crippen molar-refractivity contribution < 1.29 is 13.2 Å². The largest absolute Gasteiger partial charge is 0.357 e. The quantitative estimate of drug-likeness (QED) is 0.583. The summed E-state index contributed by atoms with van der Waals surface area (Å²) in [7, 11) is -3.72. The molecule has 0 radical (unpaired) electrons. The van der Waals surface area contributed by atoms with E-state index in [-0.39, 0.29) is 10.8 Å². The van der Waals surface area contributed by atoms with Gasteiger partial charge in [0.25, 0.3) is 15.9 Å². The number of hydrogen-bond acceptors (Lipinski definition) is 5. The van der Waals surface area contributed by atoms with E-state index in [4.69, 9.17) is 0 Å². The van der Waals surface area contributed by atoms with Crippen molar-refractivity contribution in [3.8, 4) is 0 Å². The molecule has 8 heteroatoms. The normalized spacial score (nSPS) is 13.8. The molecule has 0 aliphatic carbocycles. The van der Waals surface area contributed by atoms with E-state index in [1.807, 2.05) is 25.1 Å². The third-order valence-electron chi connectivity index (χ3n) is 5.47. The van der Waals surface area contributed by atoms with Crippen LogP contribution in [0.2, 0.25) is 0 Å². The molecule has 1 aromatic heterocycles. The van der Waals surface area contributed by atoms with Gasteiger partial charge in [-0.1, -0.05) is 12.1 Å². The van der Waals surface area contributed by atoms with Crippen molar-refractivity contribution in [1.29, 1.82) is 0 Å². The summed E-state index contributed by atoms with van der Waals surface area (Å²) in [6, 6.07) is 15.4. The summed E-state index contributed by atoms with van der Waals surface area (Å²) in [4.78, 5) is 19.5. The van der Waals surface area contributed by atoms with Crippen LogP contribution in [0.1, 0.15) is 34.3 Å². The first-order valence-corrected chi connectivity index (χ1v) is 12.0. The molecule has 0 atom stereocenters. The monoisotopic (exact) mass is 450 g/mol. The van der Waals surface area contributed by atoms with Gasteiger partial charge < -0.3 is 10.2 Å². The Hall–Kier alpha value is -3.39. The maximum absolute atomic E-state index is 12.8. The molecule has 166 valence electrons. The van der Waals surface area contributed by atoms with Crippen LogP contribution in [-0.4, -0.2) is 32.4 Å². The predicted molar refractivity (Wildman–Crippen MR) is 127 cm³/mol. The highest BCUT2D eigenvalue weighted by Crippen LogP contribution is 2.22. The van der Waals surface area contributed by atoms with E-state index in [0.717, 1.165) is 24.5 Å². The number of carbonyl (C=O) groups excluding carboxylic acids is 1. The second-order valence-electron chi connectivity index (χ2n) is 8.01. The lowest BCUT2D eigenvalue weighted by atomic mass is 10.2. The van der Waals surface area contributed by atoms with Gasteiger partial charge in [-0.15, -0.1) is 0 Å². The number of aromatic nitrogens is 1. The molecule has 0 unspecified atom stereocenters. The summed E-state index contributed by atoms with van der Waals surface area (Å²) in [6.07, 6.45) is 4.01. The molecule has 7 nitrogen and oxygen atoms in total. The van der Waals surface area contributed by atoms with Crippen LogP contribution in [-0.2, 0) is 10.0 Å². The van der Waals surface area contributed by atoms with Crippen LogP contribution in [0.3, 0.4) is 0 Å². The maximum atomic E-state index is 12.8. The Morgan fingerprint density at radius 1 is 0.938 bits per heavy atom. The number of benzene rings is 2. The first kappa shape index (κ1) is 21.8. The van der Waals surface area contributed by atoms with Gasteiger partial charge in [0.15, 0.2) is 0 Å². The van der Waals surface area contributed by atoms with Crippen molar-refractivity contribution in [3.63, 3.8) is 0 Å². The highest BCUT2D eigenvalue weighted by atomic mass is 32.2. The predicted octanol–water partition coefficient (Wildman–Crippen LogP) is 4.35. The minimum absolute atomic E-state index is 0.240. The van der Waals surface area contributed by atoms with Crippen molar-refractivity contribution in [3.05, 3.63) is 77.5 Å². The van der Waals surface area contributed by atoms with Crippen molar-refractivity contribution in [1.82, 2.24) is 4.98 Å². The summed E-state index contributed by atoms with van der Waals surface area (Å²) in [5.74, 6) is 0.630.